The van der Waals surface area contributed by atoms with Crippen LogP contribution in [0.5, 0.6) is 0 Å². The highest BCUT2D eigenvalue weighted by Crippen LogP contribution is 2.32. The first-order valence-electron chi connectivity index (χ1n) is 20.3. The number of rotatable bonds is 26. The van der Waals surface area contributed by atoms with Gasteiger partial charge in [0.1, 0.15) is 5.78 Å². The summed E-state index contributed by atoms with van der Waals surface area (Å²) in [6.07, 6.45) is 5.74. The highest BCUT2D eigenvalue weighted by molar-refractivity contribution is 5.90. The Bertz CT molecular complexity index is 1330. The van der Waals surface area contributed by atoms with Gasteiger partial charge in [-0.3, -0.25) is 28.9 Å². The number of ether oxygens (including phenoxy) is 2. The lowest BCUT2D eigenvalue weighted by Gasteiger charge is -2.41. The molecule has 0 saturated carbocycles. The lowest BCUT2D eigenvalue weighted by atomic mass is 9.83. The Hall–Kier alpha value is -3.15. The van der Waals surface area contributed by atoms with Gasteiger partial charge in [0.05, 0.1) is 42.7 Å². The number of amides is 2. The molecule has 2 amide bonds. The van der Waals surface area contributed by atoms with E-state index in [1.165, 1.54) is 7.11 Å². The lowest BCUT2D eigenvalue weighted by molar-refractivity contribution is -0.149. The Kier molecular flexibility index (Phi) is 21.6. The Balaban J connectivity index is 3.32. The third kappa shape index (κ3) is 13.8. The number of nitrogens with zero attached hydrogens (tertiary/aromatic N) is 3. The minimum absolute atomic E-state index is 0.0132. The number of likely N-dealkylation sites (tertiary alicyclic amines) is 1. The second-order valence-electron chi connectivity index (χ2n) is 16.6. The van der Waals surface area contributed by atoms with Crippen LogP contribution < -0.4 is 0 Å². The number of allylic oxidation sites excluding steroid dienone is 4. The van der Waals surface area contributed by atoms with E-state index >= 15 is 0 Å². The van der Waals surface area contributed by atoms with E-state index in [0.29, 0.717) is 18.5 Å². The van der Waals surface area contributed by atoms with E-state index in [1.807, 2.05) is 41.7 Å². The number of Topliss-reactive ketones (excluding diaryl/α,β-unsaturated/α-hetero) is 2. The van der Waals surface area contributed by atoms with Crippen molar-refractivity contribution >= 4 is 29.4 Å². The van der Waals surface area contributed by atoms with Crippen LogP contribution in [-0.4, -0.2) is 120 Å². The number of carbonyl (C=O) groups excluding carboxylic acids is 4. The number of carboxylic acids is 1. The molecule has 0 aromatic rings. The molecule has 0 aliphatic carbocycles. The normalized spacial score (nSPS) is 19.5. The standard InChI is InChI=1S/C44H75N3O8/c1-16-20-32(18-3)23-33(44(52)53)24-36(48)31(11)42(55-15)35-21-19-22-47(35)39(50)26-38(54-14)41(30(10)17-2)46(13)43(51)34(27(4)5)25-37(49)40(28(6)7)45(12)29(8)9/h16,18,20,27-31,33-35,38,40-42H,1,3,17,19,21-26H2,2,4-15H3,(H,52,53)/b32-20+/t30-,31-,33?,34-,35-,38+,40-,41-,42+/m0/s1. The number of aliphatic carboxylic acids is 1. The van der Waals surface area contributed by atoms with Crippen LogP contribution in [0.3, 0.4) is 0 Å². The molecule has 0 spiro atoms. The van der Waals surface area contributed by atoms with Gasteiger partial charge in [0.25, 0.3) is 0 Å². The third-order valence-corrected chi connectivity index (χ3v) is 12.0. The van der Waals surface area contributed by atoms with Crippen molar-refractivity contribution in [3.05, 3.63) is 37.0 Å². The molecule has 0 aromatic heterocycles. The van der Waals surface area contributed by atoms with Crippen LogP contribution in [0.2, 0.25) is 0 Å². The van der Waals surface area contributed by atoms with Gasteiger partial charge in [0, 0.05) is 58.5 Å². The lowest BCUT2D eigenvalue weighted by Crippen LogP contribution is -2.54. The average molecular weight is 774 g/mol. The van der Waals surface area contributed by atoms with Crippen LogP contribution in [0, 0.1) is 35.5 Å². The minimum Gasteiger partial charge on any atom is -0.481 e. The first-order valence-corrected chi connectivity index (χ1v) is 20.3. The molecule has 1 rings (SSSR count). The van der Waals surface area contributed by atoms with Gasteiger partial charge in [-0.15, -0.1) is 0 Å². The fraction of sp³-hybridized carbons (Fsp3) is 0.750. The number of hydrogen-bond donors (Lipinski definition) is 1. The summed E-state index contributed by atoms with van der Waals surface area (Å²) >= 11 is 0. The van der Waals surface area contributed by atoms with Crippen LogP contribution >= 0.6 is 0 Å². The third-order valence-electron chi connectivity index (χ3n) is 12.0. The minimum atomic E-state index is -1.07. The topological polar surface area (TPSA) is 134 Å². The van der Waals surface area contributed by atoms with Gasteiger partial charge >= 0.3 is 5.97 Å². The number of ketones is 2. The zero-order chi connectivity index (χ0) is 42.3. The number of hydrogen-bond acceptors (Lipinski definition) is 8. The van der Waals surface area contributed by atoms with E-state index in [9.17, 15) is 29.1 Å². The second-order valence-corrected chi connectivity index (χ2v) is 16.6. The van der Waals surface area contributed by atoms with E-state index < -0.39 is 48.0 Å². The highest BCUT2D eigenvalue weighted by atomic mass is 16.5. The number of likely N-dealkylation sites (N-methyl/N-ethyl adjacent to an activating group) is 2. The van der Waals surface area contributed by atoms with Gasteiger partial charge < -0.3 is 24.4 Å². The molecule has 1 N–H and O–H groups in total. The molecule has 9 atom stereocenters. The van der Waals surface area contributed by atoms with Crippen molar-refractivity contribution in [1.29, 1.82) is 0 Å². The monoisotopic (exact) mass is 774 g/mol. The Morgan fingerprint density at radius 3 is 1.95 bits per heavy atom. The molecule has 0 aromatic carbocycles. The molecular formula is C44H75N3O8. The Morgan fingerprint density at radius 1 is 0.873 bits per heavy atom. The zero-order valence-electron chi connectivity index (χ0n) is 36.4. The van der Waals surface area contributed by atoms with E-state index in [2.05, 4.69) is 38.8 Å². The summed E-state index contributed by atoms with van der Waals surface area (Å²) in [5.74, 6) is -3.73. The molecule has 314 valence electrons. The van der Waals surface area contributed by atoms with Crippen molar-refractivity contribution in [3.8, 4) is 0 Å². The molecule has 1 fully saturated rings. The van der Waals surface area contributed by atoms with Crippen molar-refractivity contribution in [2.24, 2.45) is 35.5 Å². The summed E-state index contributed by atoms with van der Waals surface area (Å²) in [5.41, 5.74) is 0.678. The van der Waals surface area contributed by atoms with Crippen molar-refractivity contribution < 1.29 is 38.6 Å². The van der Waals surface area contributed by atoms with Crippen molar-refractivity contribution in [3.63, 3.8) is 0 Å². The predicted molar refractivity (Wildman–Crippen MR) is 219 cm³/mol. The molecular weight excluding hydrogens is 698 g/mol. The first kappa shape index (κ1) is 49.9. The smallest absolute Gasteiger partial charge is 0.307 e. The maximum Gasteiger partial charge on any atom is 0.307 e. The maximum absolute atomic E-state index is 14.4. The fourth-order valence-electron chi connectivity index (χ4n) is 8.27. The molecule has 0 bridgehead atoms. The number of carboxylic acid groups (broad SMARTS) is 1. The first-order chi connectivity index (χ1) is 25.7. The van der Waals surface area contributed by atoms with Crippen molar-refractivity contribution in [2.45, 2.75) is 144 Å². The summed E-state index contributed by atoms with van der Waals surface area (Å²) in [4.78, 5) is 73.7. The van der Waals surface area contributed by atoms with Crippen molar-refractivity contribution in [1.82, 2.24) is 14.7 Å². The van der Waals surface area contributed by atoms with Crippen molar-refractivity contribution in [2.75, 3.05) is 34.9 Å². The predicted octanol–water partition coefficient (Wildman–Crippen LogP) is 6.85. The van der Waals surface area contributed by atoms with Crippen LogP contribution in [0.15, 0.2) is 37.0 Å². The summed E-state index contributed by atoms with van der Waals surface area (Å²) < 4.78 is 12.0. The molecule has 1 unspecified atom stereocenters. The molecule has 1 aliphatic heterocycles. The van der Waals surface area contributed by atoms with E-state index in [4.69, 9.17) is 9.47 Å². The summed E-state index contributed by atoms with van der Waals surface area (Å²) in [6.45, 7) is 25.9. The Labute approximate surface area is 332 Å². The average Bonchev–Trinajstić information content (AvgIpc) is 3.61. The van der Waals surface area contributed by atoms with Crippen LogP contribution in [-0.2, 0) is 33.4 Å². The quantitative estimate of drug-likeness (QED) is 0.0938. The van der Waals surface area contributed by atoms with Crippen LogP contribution in [0.1, 0.15) is 107 Å². The molecule has 1 saturated heterocycles. The van der Waals surface area contributed by atoms with E-state index in [0.717, 1.165) is 12.8 Å². The summed E-state index contributed by atoms with van der Waals surface area (Å²) in [7, 11) is 6.80. The molecule has 0 radical (unpaired) electrons. The van der Waals surface area contributed by atoms with Gasteiger partial charge in [0.2, 0.25) is 11.8 Å². The van der Waals surface area contributed by atoms with Crippen LogP contribution in [0.25, 0.3) is 0 Å². The maximum atomic E-state index is 14.4. The summed E-state index contributed by atoms with van der Waals surface area (Å²) in [5, 5.41) is 9.92. The van der Waals surface area contributed by atoms with Gasteiger partial charge in [-0.1, -0.05) is 86.3 Å². The second kappa shape index (κ2) is 23.8. The summed E-state index contributed by atoms with van der Waals surface area (Å²) in [6, 6.07) is -0.965. The zero-order valence-corrected chi connectivity index (χ0v) is 36.4. The highest BCUT2D eigenvalue weighted by Gasteiger charge is 2.43. The molecule has 55 heavy (non-hydrogen) atoms. The molecule has 1 aliphatic rings. The number of methoxy groups -OCH3 is 2. The Morgan fingerprint density at radius 2 is 1.49 bits per heavy atom. The molecule has 1 heterocycles. The number of carbonyl (C=O) groups is 5. The van der Waals surface area contributed by atoms with Crippen LogP contribution in [0.4, 0.5) is 0 Å². The largest absolute Gasteiger partial charge is 0.481 e. The van der Waals surface area contributed by atoms with Gasteiger partial charge in [0.15, 0.2) is 5.78 Å². The fourth-order valence-corrected chi connectivity index (χ4v) is 8.27. The SMILES string of the molecule is C=C/C=C(\C=C)CC(CC(=O)[C@H](C)[C@@H](OC)[C@@H]1CCCN1C(=O)C[C@@H](OC)[C@H]([C@@H](C)CC)N(C)C(=O)[C@@H](CC(=O)[C@H](C(C)C)N(C)C(C)C)C(C)C)C(=O)O. The van der Waals surface area contributed by atoms with Gasteiger partial charge in [-0.05, 0) is 63.5 Å². The van der Waals surface area contributed by atoms with E-state index in [-0.39, 0.29) is 78.9 Å². The molecule has 11 heteroatoms. The molecule has 11 nitrogen and oxygen atoms in total. The van der Waals surface area contributed by atoms with E-state index in [1.54, 1.807) is 49.1 Å². The van der Waals surface area contributed by atoms with Gasteiger partial charge in [-0.2, -0.15) is 0 Å². The van der Waals surface area contributed by atoms with Gasteiger partial charge in [-0.25, -0.2) is 0 Å².